The normalized spacial score (nSPS) is 11.3. The molecule has 3 nitrogen and oxygen atoms in total. The quantitative estimate of drug-likeness (QED) is 0.856. The third kappa shape index (κ3) is 3.66. The topological polar surface area (TPSA) is 46.5 Å². The molecule has 0 spiro atoms. The summed E-state index contributed by atoms with van der Waals surface area (Å²) in [5.74, 6) is -3.17. The van der Waals surface area contributed by atoms with Gasteiger partial charge in [0.25, 0.3) is 0 Å². The number of carbonyl (C=O) groups is 1. The lowest BCUT2D eigenvalue weighted by atomic mass is 10.1. The number of benzene rings is 2. The van der Waals surface area contributed by atoms with Crippen LogP contribution in [0.15, 0.2) is 48.0 Å². The lowest BCUT2D eigenvalue weighted by molar-refractivity contribution is -0.132. The van der Waals surface area contributed by atoms with Crippen LogP contribution in [0.5, 0.6) is 11.5 Å². The van der Waals surface area contributed by atoms with Gasteiger partial charge in [-0.3, -0.25) is 0 Å². The minimum absolute atomic E-state index is 0.0227. The molecular weight excluding hydrogens is 278 g/mol. The zero-order chi connectivity index (χ0) is 15.4. The van der Waals surface area contributed by atoms with Gasteiger partial charge in [-0.2, -0.15) is 0 Å². The molecule has 1 N–H and O–H groups in total. The number of hydrogen-bond donors (Lipinski definition) is 1. The molecule has 21 heavy (non-hydrogen) atoms. The highest BCUT2D eigenvalue weighted by Crippen LogP contribution is 2.29. The standard InChI is InChI=1S/C16H12F2O3/c1-10(16(19)20)7-11-8-13(17)15(14(18)9-11)21-12-5-3-2-4-6-12/h2-9H,1H3,(H,19,20). The number of hydrogen-bond acceptors (Lipinski definition) is 2. The van der Waals surface area contributed by atoms with Crippen molar-refractivity contribution in [3.05, 3.63) is 65.2 Å². The van der Waals surface area contributed by atoms with Crippen molar-refractivity contribution >= 4 is 12.0 Å². The van der Waals surface area contributed by atoms with Crippen molar-refractivity contribution in [3.8, 4) is 11.5 Å². The van der Waals surface area contributed by atoms with Crippen LogP contribution >= 0.6 is 0 Å². The van der Waals surface area contributed by atoms with Crippen molar-refractivity contribution in [1.82, 2.24) is 0 Å². The summed E-state index contributed by atoms with van der Waals surface area (Å²) < 4.78 is 33.0. The van der Waals surface area contributed by atoms with Crippen LogP contribution < -0.4 is 4.74 Å². The number of para-hydroxylation sites is 1. The molecule has 5 heteroatoms. The fraction of sp³-hybridized carbons (Fsp3) is 0.0625. The summed E-state index contributed by atoms with van der Waals surface area (Å²) in [6.07, 6.45) is 1.18. The van der Waals surface area contributed by atoms with Crippen molar-refractivity contribution in [3.63, 3.8) is 0 Å². The Hall–Kier alpha value is -2.69. The Bertz CT molecular complexity index is 671. The Kier molecular flexibility index (Phi) is 4.33. The van der Waals surface area contributed by atoms with Gasteiger partial charge >= 0.3 is 5.97 Å². The molecule has 0 fully saturated rings. The van der Waals surface area contributed by atoms with Crippen LogP contribution in [0.1, 0.15) is 12.5 Å². The number of carboxylic acids is 1. The first-order valence-electron chi connectivity index (χ1n) is 6.11. The Labute approximate surface area is 120 Å². The molecular formula is C16H12F2O3. The number of carboxylic acid groups (broad SMARTS) is 1. The van der Waals surface area contributed by atoms with E-state index in [4.69, 9.17) is 9.84 Å². The average Bonchev–Trinajstić information content (AvgIpc) is 2.44. The first-order chi connectivity index (χ1) is 9.97. The first kappa shape index (κ1) is 14.7. The SMILES string of the molecule is CC(=Cc1cc(F)c(Oc2ccccc2)c(F)c1)C(=O)O. The lowest BCUT2D eigenvalue weighted by Gasteiger charge is -2.08. The molecule has 0 saturated heterocycles. The van der Waals surface area contributed by atoms with Crippen LogP contribution in [0.25, 0.3) is 6.08 Å². The highest BCUT2D eigenvalue weighted by Gasteiger charge is 2.13. The van der Waals surface area contributed by atoms with E-state index in [1.54, 1.807) is 30.3 Å². The van der Waals surface area contributed by atoms with Crippen molar-refractivity contribution in [1.29, 1.82) is 0 Å². The van der Waals surface area contributed by atoms with Crippen LogP contribution in [0.4, 0.5) is 8.78 Å². The number of aliphatic carboxylic acids is 1. The van der Waals surface area contributed by atoms with E-state index in [9.17, 15) is 13.6 Å². The van der Waals surface area contributed by atoms with Gasteiger partial charge in [0, 0.05) is 5.57 Å². The van der Waals surface area contributed by atoms with E-state index in [2.05, 4.69) is 0 Å². The zero-order valence-corrected chi connectivity index (χ0v) is 11.1. The highest BCUT2D eigenvalue weighted by molar-refractivity contribution is 5.91. The second-order valence-electron chi connectivity index (χ2n) is 4.36. The zero-order valence-electron chi connectivity index (χ0n) is 11.1. The van der Waals surface area contributed by atoms with Gasteiger partial charge in [0.1, 0.15) is 5.75 Å². The molecule has 0 radical (unpaired) electrons. The van der Waals surface area contributed by atoms with Crippen molar-refractivity contribution < 1.29 is 23.4 Å². The third-order valence-electron chi connectivity index (χ3n) is 2.70. The minimum atomic E-state index is -1.15. The molecule has 0 saturated carbocycles. The molecule has 0 atom stereocenters. The molecule has 108 valence electrons. The van der Waals surface area contributed by atoms with Crippen LogP contribution in [0.2, 0.25) is 0 Å². The highest BCUT2D eigenvalue weighted by atomic mass is 19.1. The molecule has 2 aromatic rings. The first-order valence-corrected chi connectivity index (χ1v) is 6.11. The van der Waals surface area contributed by atoms with E-state index >= 15 is 0 Å². The van der Waals surface area contributed by atoms with Gasteiger partial charge in [0.2, 0.25) is 0 Å². The summed E-state index contributed by atoms with van der Waals surface area (Å²) in [4.78, 5) is 10.7. The second kappa shape index (κ2) is 6.17. The summed E-state index contributed by atoms with van der Waals surface area (Å²) in [5, 5.41) is 8.75. The van der Waals surface area contributed by atoms with Crippen molar-refractivity contribution in [2.75, 3.05) is 0 Å². The van der Waals surface area contributed by atoms with Crippen LogP contribution in [0, 0.1) is 11.6 Å². The fourth-order valence-corrected chi connectivity index (χ4v) is 1.68. The number of rotatable bonds is 4. The van der Waals surface area contributed by atoms with E-state index in [1.165, 1.54) is 13.0 Å². The van der Waals surface area contributed by atoms with E-state index in [0.29, 0.717) is 5.75 Å². The molecule has 2 rings (SSSR count). The van der Waals surface area contributed by atoms with E-state index < -0.39 is 23.4 Å². The molecule has 0 aliphatic rings. The minimum Gasteiger partial charge on any atom is -0.478 e. The molecule has 0 aliphatic heterocycles. The van der Waals surface area contributed by atoms with Crippen molar-refractivity contribution in [2.45, 2.75) is 6.92 Å². The van der Waals surface area contributed by atoms with Gasteiger partial charge in [-0.25, -0.2) is 13.6 Å². The Morgan fingerprint density at radius 3 is 2.24 bits per heavy atom. The molecule has 0 bridgehead atoms. The van der Waals surface area contributed by atoms with Gasteiger partial charge in [0.05, 0.1) is 0 Å². The molecule has 0 heterocycles. The smallest absolute Gasteiger partial charge is 0.331 e. The molecule has 0 amide bonds. The number of halogens is 2. The second-order valence-corrected chi connectivity index (χ2v) is 4.36. The molecule has 0 aromatic heterocycles. The Balaban J connectivity index is 2.34. The van der Waals surface area contributed by atoms with Gasteiger partial charge in [-0.15, -0.1) is 0 Å². The monoisotopic (exact) mass is 290 g/mol. The number of ether oxygens (including phenoxy) is 1. The summed E-state index contributed by atoms with van der Waals surface area (Å²) in [7, 11) is 0. The Morgan fingerprint density at radius 1 is 1.14 bits per heavy atom. The van der Waals surface area contributed by atoms with Crippen LogP contribution in [-0.4, -0.2) is 11.1 Å². The maximum absolute atomic E-state index is 13.9. The van der Waals surface area contributed by atoms with E-state index in [1.807, 2.05) is 0 Å². The Morgan fingerprint density at radius 2 is 1.71 bits per heavy atom. The van der Waals surface area contributed by atoms with Crippen LogP contribution in [-0.2, 0) is 4.79 Å². The molecule has 0 aliphatic carbocycles. The predicted octanol–water partition coefficient (Wildman–Crippen LogP) is 4.25. The van der Waals surface area contributed by atoms with Crippen LogP contribution in [0.3, 0.4) is 0 Å². The summed E-state index contributed by atoms with van der Waals surface area (Å²) in [6, 6.07) is 10.3. The van der Waals surface area contributed by atoms with Crippen molar-refractivity contribution in [2.24, 2.45) is 0 Å². The van der Waals surface area contributed by atoms with Gasteiger partial charge in [0.15, 0.2) is 17.4 Å². The van der Waals surface area contributed by atoms with E-state index in [0.717, 1.165) is 12.1 Å². The van der Waals surface area contributed by atoms with Gasteiger partial charge in [-0.1, -0.05) is 18.2 Å². The summed E-state index contributed by atoms with van der Waals surface area (Å²) in [6.45, 7) is 1.34. The maximum atomic E-state index is 13.9. The summed E-state index contributed by atoms with van der Waals surface area (Å²) >= 11 is 0. The van der Waals surface area contributed by atoms with Gasteiger partial charge < -0.3 is 9.84 Å². The molecule has 2 aromatic carbocycles. The summed E-state index contributed by atoms with van der Waals surface area (Å²) in [5.41, 5.74) is 0.0934. The average molecular weight is 290 g/mol. The maximum Gasteiger partial charge on any atom is 0.331 e. The fourth-order valence-electron chi connectivity index (χ4n) is 1.68. The lowest BCUT2D eigenvalue weighted by Crippen LogP contribution is -1.97. The third-order valence-corrected chi connectivity index (χ3v) is 2.70. The van der Waals surface area contributed by atoms with E-state index in [-0.39, 0.29) is 11.1 Å². The largest absolute Gasteiger partial charge is 0.478 e. The molecule has 0 unspecified atom stereocenters. The predicted molar refractivity (Wildman–Crippen MR) is 74.2 cm³/mol. The van der Waals surface area contributed by atoms with Gasteiger partial charge in [-0.05, 0) is 42.8 Å².